The molecule has 0 saturated carbocycles. The summed E-state index contributed by atoms with van der Waals surface area (Å²) in [5.41, 5.74) is 24.6. The third-order valence-electron chi connectivity index (χ3n) is 23.2. The van der Waals surface area contributed by atoms with E-state index in [-0.39, 0.29) is 6.71 Å². The van der Waals surface area contributed by atoms with Crippen LogP contribution in [0.5, 0.6) is 0 Å². The van der Waals surface area contributed by atoms with Gasteiger partial charge in [-0.15, -0.1) is 0 Å². The molecule has 0 fully saturated rings. The van der Waals surface area contributed by atoms with Crippen LogP contribution in [-0.4, -0.2) is 71.1 Å². The van der Waals surface area contributed by atoms with Gasteiger partial charge in [-0.2, -0.15) is 0 Å². The van der Waals surface area contributed by atoms with E-state index in [1.165, 1.54) is 22.1 Å². The van der Waals surface area contributed by atoms with Gasteiger partial charge in [0.05, 0.1) is 16.7 Å². The highest BCUT2D eigenvalue weighted by Gasteiger charge is 2.43. The largest absolute Gasteiger partial charge is 0.311 e. The Kier molecular flexibility index (Phi) is 17.9. The van der Waals surface area contributed by atoms with Gasteiger partial charge in [0.2, 0.25) is 0 Å². The van der Waals surface area contributed by atoms with Gasteiger partial charge in [-0.1, -0.05) is 303 Å². The van der Waals surface area contributed by atoms with Crippen molar-refractivity contribution >= 4 is 79.0 Å². The minimum atomic E-state index is 0.00216. The summed E-state index contributed by atoms with van der Waals surface area (Å²) in [5.74, 6) is 6.03. The maximum Gasteiger partial charge on any atom is 0.252 e. The monoisotopic (exact) mass is 1590 g/mol. The van der Waals surface area contributed by atoms with E-state index in [2.05, 4.69) is 215 Å². The van der Waals surface area contributed by atoms with E-state index >= 15 is 0 Å². The number of hydrogen-bond acceptors (Lipinski definition) is 14. The summed E-state index contributed by atoms with van der Waals surface area (Å²) >= 11 is 0. The molecule has 7 heterocycles. The summed E-state index contributed by atoms with van der Waals surface area (Å²) in [5, 5.41) is 1.79. The molecule has 0 bridgehead atoms. The summed E-state index contributed by atoms with van der Waals surface area (Å²) in [6.07, 6.45) is 0. The topological polar surface area (TPSA) is 166 Å². The van der Waals surface area contributed by atoms with Gasteiger partial charge in [0.15, 0.2) is 69.9 Å². The lowest BCUT2D eigenvalue weighted by atomic mass is 9.33. The van der Waals surface area contributed by atoms with Gasteiger partial charge in [-0.3, -0.25) is 0 Å². The van der Waals surface area contributed by atoms with E-state index in [0.717, 1.165) is 123 Å². The first-order valence-corrected chi connectivity index (χ1v) is 41.3. The van der Waals surface area contributed by atoms with Gasteiger partial charge in [-0.25, -0.2) is 59.8 Å². The van der Waals surface area contributed by atoms with Crippen molar-refractivity contribution in [1.82, 2.24) is 64.4 Å². The lowest BCUT2D eigenvalue weighted by molar-refractivity contribution is 1.06. The maximum absolute atomic E-state index is 5.74. The lowest BCUT2D eigenvalue weighted by Gasteiger charge is -2.44. The molecule has 16 aromatic carbocycles. The molecule has 124 heavy (non-hydrogen) atoms. The maximum atomic E-state index is 5.74. The molecule has 0 unspecified atom stereocenters. The first kappa shape index (κ1) is 72.3. The fraction of sp³-hybridized carbons (Fsp3) is 0. The van der Waals surface area contributed by atoms with Crippen LogP contribution < -0.4 is 26.2 Å². The second-order valence-corrected chi connectivity index (χ2v) is 30.7. The number of rotatable bonds is 16. The molecule has 0 N–H and O–H groups in total. The smallest absolute Gasteiger partial charge is 0.252 e. The minimum absolute atomic E-state index is 0.00216. The average molecular weight is 1590 g/mol. The van der Waals surface area contributed by atoms with Crippen molar-refractivity contribution in [1.29, 1.82) is 0 Å². The molecule has 15 nitrogen and oxygen atoms in total. The predicted octanol–water partition coefficient (Wildman–Crippen LogP) is 23.3. The van der Waals surface area contributed by atoms with Crippen molar-refractivity contribution in [3.05, 3.63) is 413 Å². The highest BCUT2D eigenvalue weighted by atomic mass is 15.2. The molecular weight excluding hydrogens is 1520 g/mol. The van der Waals surface area contributed by atoms with Gasteiger partial charge in [0.1, 0.15) is 0 Å². The summed E-state index contributed by atoms with van der Waals surface area (Å²) < 4.78 is 2.30. The fourth-order valence-electron chi connectivity index (χ4n) is 17.4. The Morgan fingerprint density at radius 1 is 0.169 bits per heavy atom. The molecule has 16 heteroatoms. The van der Waals surface area contributed by atoms with Crippen molar-refractivity contribution in [2.75, 3.05) is 9.80 Å². The summed E-state index contributed by atoms with van der Waals surface area (Å²) in [6.45, 7) is 0.00216. The molecule has 21 aromatic rings. The van der Waals surface area contributed by atoms with Crippen molar-refractivity contribution in [2.24, 2.45) is 0 Å². The number of nitrogens with zero attached hydrogens (tertiary/aromatic N) is 15. The third kappa shape index (κ3) is 13.1. The zero-order chi connectivity index (χ0) is 82.0. The molecule has 2 aliphatic heterocycles. The molecule has 23 rings (SSSR count). The Balaban J connectivity index is 0.730. The van der Waals surface area contributed by atoms with Crippen molar-refractivity contribution in [3.8, 4) is 153 Å². The minimum Gasteiger partial charge on any atom is -0.311 e. The average Bonchev–Trinajstić information content (AvgIpc) is 0.843. The molecule has 0 amide bonds. The van der Waals surface area contributed by atoms with Gasteiger partial charge >= 0.3 is 0 Å². The number of fused-ring (bicyclic) bond motifs is 7. The Morgan fingerprint density at radius 2 is 0.435 bits per heavy atom. The molecule has 0 saturated heterocycles. The number of anilines is 6. The Morgan fingerprint density at radius 3 is 0.831 bits per heavy atom. The second-order valence-electron chi connectivity index (χ2n) is 30.7. The van der Waals surface area contributed by atoms with Crippen LogP contribution in [0, 0.1) is 0 Å². The van der Waals surface area contributed by atoms with Crippen LogP contribution in [0.2, 0.25) is 0 Å². The van der Waals surface area contributed by atoms with E-state index in [1.807, 2.05) is 212 Å². The van der Waals surface area contributed by atoms with Crippen LogP contribution in [0.1, 0.15) is 0 Å². The van der Waals surface area contributed by atoms with Gasteiger partial charge in [0, 0.05) is 112 Å². The number of hydrogen-bond donors (Lipinski definition) is 0. The molecule has 0 radical (unpaired) electrons. The molecule has 0 aliphatic carbocycles. The molecule has 5 aromatic heterocycles. The molecule has 578 valence electrons. The Bertz CT molecular complexity index is 7330. The highest BCUT2D eigenvalue weighted by Crippen LogP contribution is 2.47. The van der Waals surface area contributed by atoms with Crippen LogP contribution >= 0.6 is 0 Å². The van der Waals surface area contributed by atoms with Crippen molar-refractivity contribution in [3.63, 3.8) is 0 Å². The zero-order valence-corrected chi connectivity index (χ0v) is 66.5. The lowest BCUT2D eigenvalue weighted by Crippen LogP contribution is -2.61. The van der Waals surface area contributed by atoms with Gasteiger partial charge in [0.25, 0.3) is 6.71 Å². The first-order valence-electron chi connectivity index (χ1n) is 41.3. The normalized spacial score (nSPS) is 12.0. The summed E-state index contributed by atoms with van der Waals surface area (Å²) in [6, 6.07) is 142. The second kappa shape index (κ2) is 30.7. The SMILES string of the molecule is c1ccc(-c2nc(-c3ccccc3)nc(-c3ccc(-n4c5ccc(-c6nc(-c7ccccc7)nc(-c7ccccc7)n6)cc5c5cc(-c6nc(-c7ccccc7)nc(-c7ccccc7)n6)ccc54)c(-c4nc(-c5ccccc5)nc(-c5cccc(-c6cccc(N7c8ccccc8B8c9ccccc9N(c9ccccc9)c9cccc7c98)c6)c5)n4)c3)n2)cc1. The molecular formula is C108H68BN15. The number of benzene rings is 16. The first-order chi connectivity index (χ1) is 61.4. The van der Waals surface area contributed by atoms with Crippen LogP contribution in [0.15, 0.2) is 413 Å². The van der Waals surface area contributed by atoms with Crippen LogP contribution in [0.4, 0.5) is 34.1 Å². The number of para-hydroxylation sites is 3. The zero-order valence-electron chi connectivity index (χ0n) is 66.5. The van der Waals surface area contributed by atoms with Gasteiger partial charge in [-0.05, 0) is 137 Å². The van der Waals surface area contributed by atoms with Crippen molar-refractivity contribution in [2.45, 2.75) is 0 Å². The van der Waals surface area contributed by atoms with Crippen molar-refractivity contribution < 1.29 is 0 Å². The molecule has 0 spiro atoms. The summed E-state index contributed by atoms with van der Waals surface area (Å²) in [7, 11) is 0. The predicted molar refractivity (Wildman–Crippen MR) is 499 cm³/mol. The van der Waals surface area contributed by atoms with Crippen LogP contribution in [0.3, 0.4) is 0 Å². The molecule has 2 aliphatic rings. The van der Waals surface area contributed by atoms with Gasteiger partial charge < -0.3 is 14.4 Å². The van der Waals surface area contributed by atoms with E-state index in [1.54, 1.807) is 0 Å². The van der Waals surface area contributed by atoms with E-state index in [9.17, 15) is 0 Å². The number of aromatic nitrogens is 13. The quantitative estimate of drug-likeness (QED) is 0.0839. The molecule has 0 atom stereocenters. The van der Waals surface area contributed by atoms with E-state index in [4.69, 9.17) is 59.8 Å². The fourth-order valence-corrected chi connectivity index (χ4v) is 17.4. The van der Waals surface area contributed by atoms with E-state index in [0.29, 0.717) is 81.0 Å². The Labute approximate surface area is 714 Å². The van der Waals surface area contributed by atoms with Crippen LogP contribution in [0.25, 0.3) is 175 Å². The summed E-state index contributed by atoms with van der Waals surface area (Å²) in [4.78, 5) is 69.0. The van der Waals surface area contributed by atoms with E-state index < -0.39 is 0 Å². The standard InChI is InChI=1S/C108H68BN15/c1-9-32-69(33-10-1)97-110-98(70-34-11-2-12-35-70)114-105(113-97)79-58-61-89-84(66-79)85-67-80(106-115-99(71-36-13-3-14-37-71)111-100(116-106)72-38-15-4-16-39-72)59-62-90(85)124(89)91-63-60-81(107-117-101(73-40-17-5-18-41-73)112-102(118-107)74-42-19-6-20-43-74)68-86(91)108-120-103(75-44-21-7-22-45-75)119-104(121-108)78-48-29-46-76(64-78)77-47-30-51-83(65-77)123-93-55-28-26-53-88(93)109-87-52-25-27-54-92(87)122(82-49-23-8-24-50-82)94-56-31-57-95(123)96(94)109/h1-68H. The van der Waals surface area contributed by atoms with Crippen LogP contribution in [-0.2, 0) is 0 Å². The highest BCUT2D eigenvalue weighted by molar-refractivity contribution is 7.00. The Hall–Kier alpha value is -17.0. The third-order valence-corrected chi connectivity index (χ3v) is 23.2.